The number of carbonyl (C=O) groups excluding carboxylic acids is 1. The highest BCUT2D eigenvalue weighted by Crippen LogP contribution is 2.30. The van der Waals surface area contributed by atoms with Crippen molar-refractivity contribution in [2.75, 3.05) is 14.2 Å². The van der Waals surface area contributed by atoms with Gasteiger partial charge in [-0.1, -0.05) is 6.07 Å². The van der Waals surface area contributed by atoms with E-state index in [0.717, 1.165) is 5.56 Å². The number of rotatable bonds is 5. The van der Waals surface area contributed by atoms with Crippen LogP contribution in [0.25, 0.3) is 0 Å². The molecule has 0 aliphatic rings. The van der Waals surface area contributed by atoms with E-state index in [1.54, 1.807) is 32.4 Å². The van der Waals surface area contributed by atoms with E-state index in [9.17, 15) is 4.79 Å². The minimum atomic E-state index is -0.513. The van der Waals surface area contributed by atoms with Crippen molar-refractivity contribution in [1.82, 2.24) is 0 Å². The maximum Gasteiger partial charge on any atom is 0.308 e. The molecule has 2 N–H and O–H groups in total. The number of hydrogen-bond donors (Lipinski definition) is 1. The topological polar surface area (TPSA) is 70.8 Å². The molecule has 0 radical (unpaired) electrons. The molecule has 120 valence electrons. The molecule has 6 heteroatoms. The van der Waals surface area contributed by atoms with Gasteiger partial charge in [0, 0.05) is 17.7 Å². The lowest BCUT2D eigenvalue weighted by molar-refractivity contribution is -0.155. The molecule has 1 aromatic rings. The molecule has 1 rings (SSSR count). The summed E-state index contributed by atoms with van der Waals surface area (Å²) in [6.07, 6.45) is 0.0972. The Hall–Kier alpha value is -1.46. The molecule has 0 saturated carbocycles. The highest BCUT2D eigenvalue weighted by molar-refractivity contribution is 5.85. The van der Waals surface area contributed by atoms with E-state index in [0.29, 0.717) is 11.5 Å². The fourth-order valence-corrected chi connectivity index (χ4v) is 1.80. The first-order valence-electron chi connectivity index (χ1n) is 6.46. The Labute approximate surface area is 132 Å². The van der Waals surface area contributed by atoms with Crippen molar-refractivity contribution >= 4 is 18.4 Å². The minimum absolute atomic E-state index is 0. The van der Waals surface area contributed by atoms with Crippen LogP contribution in [-0.2, 0) is 9.53 Å². The molecule has 0 aliphatic heterocycles. The van der Waals surface area contributed by atoms with E-state index in [2.05, 4.69) is 0 Å². The molecule has 0 saturated heterocycles. The summed E-state index contributed by atoms with van der Waals surface area (Å²) >= 11 is 0. The molecule has 0 heterocycles. The molecule has 5 nitrogen and oxygen atoms in total. The summed E-state index contributed by atoms with van der Waals surface area (Å²) in [6, 6.07) is 4.84. The van der Waals surface area contributed by atoms with Gasteiger partial charge in [0.1, 0.15) is 17.1 Å². The fourth-order valence-electron chi connectivity index (χ4n) is 1.80. The SMILES string of the molecule is COc1ccc([C@H](N)CC(=O)OC(C)(C)C)c(OC)c1.Cl. The van der Waals surface area contributed by atoms with Gasteiger partial charge in [-0.25, -0.2) is 0 Å². The molecule has 0 amide bonds. The van der Waals surface area contributed by atoms with Crippen molar-refractivity contribution < 1.29 is 19.0 Å². The summed E-state index contributed by atoms with van der Waals surface area (Å²) < 4.78 is 15.7. The lowest BCUT2D eigenvalue weighted by atomic mass is 10.0. The van der Waals surface area contributed by atoms with Gasteiger partial charge in [-0.2, -0.15) is 0 Å². The highest BCUT2D eigenvalue weighted by atomic mass is 35.5. The first-order chi connectivity index (χ1) is 9.26. The normalized spacial score (nSPS) is 12.1. The van der Waals surface area contributed by atoms with Gasteiger partial charge < -0.3 is 19.9 Å². The molecule has 0 bridgehead atoms. The van der Waals surface area contributed by atoms with E-state index in [4.69, 9.17) is 19.9 Å². The van der Waals surface area contributed by atoms with Gasteiger partial charge >= 0.3 is 5.97 Å². The average Bonchev–Trinajstić information content (AvgIpc) is 2.35. The minimum Gasteiger partial charge on any atom is -0.497 e. The van der Waals surface area contributed by atoms with Gasteiger partial charge in [-0.15, -0.1) is 12.4 Å². The largest absolute Gasteiger partial charge is 0.497 e. The predicted molar refractivity (Wildman–Crippen MR) is 84.2 cm³/mol. The maximum atomic E-state index is 11.8. The monoisotopic (exact) mass is 317 g/mol. The van der Waals surface area contributed by atoms with E-state index < -0.39 is 11.6 Å². The van der Waals surface area contributed by atoms with Crippen molar-refractivity contribution in [3.8, 4) is 11.5 Å². The Balaban J connectivity index is 0.00000400. The van der Waals surface area contributed by atoms with E-state index in [1.165, 1.54) is 0 Å². The average molecular weight is 318 g/mol. The Kier molecular flexibility index (Phi) is 7.53. The van der Waals surface area contributed by atoms with Crippen LogP contribution in [-0.4, -0.2) is 25.8 Å². The molecule has 0 aliphatic carbocycles. The van der Waals surface area contributed by atoms with Crippen LogP contribution in [0.5, 0.6) is 11.5 Å². The second kappa shape index (κ2) is 8.10. The molecule has 1 aromatic carbocycles. The van der Waals surface area contributed by atoms with Gasteiger partial charge in [0.05, 0.1) is 20.6 Å². The number of halogens is 1. The van der Waals surface area contributed by atoms with Crippen LogP contribution in [0.2, 0.25) is 0 Å². The molecule has 0 spiro atoms. The van der Waals surface area contributed by atoms with Crippen LogP contribution in [0.1, 0.15) is 38.8 Å². The summed E-state index contributed by atoms with van der Waals surface area (Å²) in [5, 5.41) is 0. The van der Waals surface area contributed by atoms with E-state index in [-0.39, 0.29) is 24.8 Å². The lowest BCUT2D eigenvalue weighted by Crippen LogP contribution is -2.26. The van der Waals surface area contributed by atoms with E-state index in [1.807, 2.05) is 20.8 Å². The summed E-state index contributed by atoms with van der Waals surface area (Å²) in [5.41, 5.74) is 6.30. The standard InChI is InChI=1S/C15H23NO4.ClH/c1-15(2,3)20-14(17)9-12(16)11-7-6-10(18-4)8-13(11)19-5;/h6-8,12H,9,16H2,1-5H3;1H/t12-;/m1./s1. The lowest BCUT2D eigenvalue weighted by Gasteiger charge is -2.21. The van der Waals surface area contributed by atoms with Crippen LogP contribution in [0, 0.1) is 0 Å². The second-order valence-electron chi connectivity index (χ2n) is 5.50. The summed E-state index contributed by atoms with van der Waals surface area (Å²) in [4.78, 5) is 11.8. The van der Waals surface area contributed by atoms with Crippen LogP contribution >= 0.6 is 12.4 Å². The first kappa shape index (κ1) is 19.5. The smallest absolute Gasteiger partial charge is 0.308 e. The van der Waals surface area contributed by atoms with Gasteiger partial charge in [0.25, 0.3) is 0 Å². The highest BCUT2D eigenvalue weighted by Gasteiger charge is 2.21. The zero-order valence-corrected chi connectivity index (χ0v) is 14.0. The molecular formula is C15H24ClNO4. The third-order valence-corrected chi connectivity index (χ3v) is 2.65. The molecule has 0 fully saturated rings. The van der Waals surface area contributed by atoms with Crippen molar-refractivity contribution in [2.24, 2.45) is 5.73 Å². The van der Waals surface area contributed by atoms with E-state index >= 15 is 0 Å². The van der Waals surface area contributed by atoms with Crippen molar-refractivity contribution in [2.45, 2.75) is 38.8 Å². The van der Waals surface area contributed by atoms with Crippen LogP contribution in [0.15, 0.2) is 18.2 Å². The molecular weight excluding hydrogens is 294 g/mol. The molecule has 0 unspecified atom stereocenters. The number of carbonyl (C=O) groups is 1. The number of hydrogen-bond acceptors (Lipinski definition) is 5. The number of nitrogens with two attached hydrogens (primary N) is 1. The second-order valence-corrected chi connectivity index (χ2v) is 5.50. The Morgan fingerprint density at radius 2 is 1.86 bits per heavy atom. The summed E-state index contributed by atoms with van der Waals surface area (Å²) in [7, 11) is 3.13. The fraction of sp³-hybridized carbons (Fsp3) is 0.533. The predicted octanol–water partition coefficient (Wildman–Crippen LogP) is 2.86. The Morgan fingerprint density at radius 1 is 1.24 bits per heavy atom. The van der Waals surface area contributed by atoms with Crippen LogP contribution in [0.3, 0.4) is 0 Å². The molecule has 1 atom stereocenters. The van der Waals surface area contributed by atoms with Gasteiger partial charge in [-0.05, 0) is 26.8 Å². The van der Waals surface area contributed by atoms with Gasteiger partial charge in [0.2, 0.25) is 0 Å². The molecule has 21 heavy (non-hydrogen) atoms. The zero-order valence-electron chi connectivity index (χ0n) is 13.1. The van der Waals surface area contributed by atoms with Crippen LogP contribution < -0.4 is 15.2 Å². The van der Waals surface area contributed by atoms with Crippen molar-refractivity contribution in [3.05, 3.63) is 23.8 Å². The van der Waals surface area contributed by atoms with Gasteiger partial charge in [0.15, 0.2) is 0 Å². The number of benzene rings is 1. The number of methoxy groups -OCH3 is 2. The number of ether oxygens (including phenoxy) is 3. The first-order valence-corrected chi connectivity index (χ1v) is 6.46. The third-order valence-electron chi connectivity index (χ3n) is 2.65. The number of esters is 1. The summed E-state index contributed by atoms with van der Waals surface area (Å²) in [5.74, 6) is 0.943. The Bertz CT molecular complexity index is 471. The van der Waals surface area contributed by atoms with Crippen LogP contribution in [0.4, 0.5) is 0 Å². The Morgan fingerprint density at radius 3 is 2.33 bits per heavy atom. The van der Waals surface area contributed by atoms with Crippen molar-refractivity contribution in [3.63, 3.8) is 0 Å². The third kappa shape index (κ3) is 6.23. The van der Waals surface area contributed by atoms with Crippen molar-refractivity contribution in [1.29, 1.82) is 0 Å². The quantitative estimate of drug-likeness (QED) is 0.846. The maximum absolute atomic E-state index is 11.8. The van der Waals surface area contributed by atoms with Gasteiger partial charge in [-0.3, -0.25) is 4.79 Å². The zero-order chi connectivity index (χ0) is 15.3. The summed E-state index contributed by atoms with van der Waals surface area (Å²) in [6.45, 7) is 5.47. The molecule has 0 aromatic heterocycles.